The molecule has 0 nitrogen and oxygen atoms in total. The van der Waals surface area contributed by atoms with E-state index < -0.39 is 0 Å². The zero-order valence-corrected chi connectivity index (χ0v) is 10.1. The molecule has 0 saturated carbocycles. The molecule has 80 valence electrons. The van der Waals surface area contributed by atoms with Crippen LogP contribution in [0.3, 0.4) is 0 Å². The summed E-state index contributed by atoms with van der Waals surface area (Å²) in [6, 6.07) is 10.5. The van der Waals surface area contributed by atoms with Gasteiger partial charge in [-0.15, -0.1) is 0 Å². The molecule has 1 aromatic rings. The normalized spacial score (nSPS) is 13.5. The lowest BCUT2D eigenvalue weighted by Crippen LogP contribution is -2.07. The third-order valence-corrected chi connectivity index (χ3v) is 2.33. The van der Waals surface area contributed by atoms with Gasteiger partial charge >= 0.3 is 0 Å². The minimum Gasteiger partial charge on any atom is -0.0874 e. The van der Waals surface area contributed by atoms with Gasteiger partial charge in [0.05, 0.1) is 0 Å². The predicted molar refractivity (Wildman–Crippen MR) is 68.7 cm³/mol. The monoisotopic (exact) mass is 200 g/mol. The molecule has 0 spiro atoms. The summed E-state index contributed by atoms with van der Waals surface area (Å²) in [6.45, 7) is 8.77. The van der Waals surface area contributed by atoms with Crippen LogP contribution in [0.5, 0.6) is 0 Å². The van der Waals surface area contributed by atoms with E-state index >= 15 is 0 Å². The van der Waals surface area contributed by atoms with Crippen molar-refractivity contribution in [1.29, 1.82) is 0 Å². The van der Waals surface area contributed by atoms with Crippen LogP contribution in [0.15, 0.2) is 48.1 Å². The molecule has 0 N–H and O–H groups in total. The molecule has 1 rings (SSSR count). The maximum Gasteiger partial charge on any atom is -0.0132 e. The summed E-state index contributed by atoms with van der Waals surface area (Å²) in [5.41, 5.74) is 2.82. The lowest BCUT2D eigenvalue weighted by molar-refractivity contribution is 0.520. The Morgan fingerprint density at radius 2 is 1.67 bits per heavy atom. The van der Waals surface area contributed by atoms with Gasteiger partial charge in [-0.1, -0.05) is 69.3 Å². The van der Waals surface area contributed by atoms with Crippen molar-refractivity contribution in [2.24, 2.45) is 5.41 Å². The number of allylic oxidation sites excluding steroid dienone is 3. The number of benzene rings is 1. The molecule has 0 aliphatic heterocycles. The first-order valence-corrected chi connectivity index (χ1v) is 5.44. The van der Waals surface area contributed by atoms with E-state index in [0.29, 0.717) is 0 Å². The largest absolute Gasteiger partial charge is 0.0874 e. The summed E-state index contributed by atoms with van der Waals surface area (Å²) in [5, 5.41) is 0. The number of hydrogen-bond acceptors (Lipinski definition) is 0. The number of rotatable bonds is 2. The SMILES string of the molecule is C/C=C\C(=C/c1ccccc1)C(C)(C)C. The highest BCUT2D eigenvalue weighted by Crippen LogP contribution is 2.28. The zero-order valence-electron chi connectivity index (χ0n) is 10.1. The lowest BCUT2D eigenvalue weighted by atomic mass is 9.85. The van der Waals surface area contributed by atoms with Crippen LogP contribution < -0.4 is 0 Å². The standard InChI is InChI=1S/C15H20/c1-5-9-14(15(2,3)4)12-13-10-7-6-8-11-13/h5-12H,1-4H3/b9-5-,14-12+. The molecule has 1 aromatic carbocycles. The second kappa shape index (κ2) is 4.97. The first-order valence-electron chi connectivity index (χ1n) is 5.44. The van der Waals surface area contributed by atoms with Crippen molar-refractivity contribution in [3.8, 4) is 0 Å². The maximum absolute atomic E-state index is 2.25. The van der Waals surface area contributed by atoms with E-state index in [1.54, 1.807) is 0 Å². The molecule has 0 amide bonds. The minimum absolute atomic E-state index is 0.197. The summed E-state index contributed by atoms with van der Waals surface area (Å²) < 4.78 is 0. The first-order chi connectivity index (χ1) is 7.04. The average Bonchev–Trinajstić information content (AvgIpc) is 2.17. The third kappa shape index (κ3) is 3.75. The van der Waals surface area contributed by atoms with Crippen LogP contribution >= 0.6 is 0 Å². The van der Waals surface area contributed by atoms with Crippen molar-refractivity contribution in [3.63, 3.8) is 0 Å². The van der Waals surface area contributed by atoms with Gasteiger partial charge in [-0.2, -0.15) is 0 Å². The van der Waals surface area contributed by atoms with Gasteiger partial charge in [0.25, 0.3) is 0 Å². The molecule has 0 saturated heterocycles. The topological polar surface area (TPSA) is 0 Å². The van der Waals surface area contributed by atoms with E-state index in [-0.39, 0.29) is 5.41 Å². The van der Waals surface area contributed by atoms with Crippen molar-refractivity contribution in [1.82, 2.24) is 0 Å². The first kappa shape index (κ1) is 11.8. The quantitative estimate of drug-likeness (QED) is 0.607. The van der Waals surface area contributed by atoms with Gasteiger partial charge in [-0.3, -0.25) is 0 Å². The van der Waals surface area contributed by atoms with Gasteiger partial charge < -0.3 is 0 Å². The summed E-state index contributed by atoms with van der Waals surface area (Å²) >= 11 is 0. The van der Waals surface area contributed by atoms with Gasteiger partial charge in [-0.25, -0.2) is 0 Å². The highest BCUT2D eigenvalue weighted by atomic mass is 14.2. The summed E-state index contributed by atoms with van der Waals surface area (Å²) in [6.07, 6.45) is 6.53. The molecular weight excluding hydrogens is 180 g/mol. The van der Waals surface area contributed by atoms with E-state index in [1.165, 1.54) is 11.1 Å². The van der Waals surface area contributed by atoms with Crippen molar-refractivity contribution in [2.45, 2.75) is 27.7 Å². The smallest absolute Gasteiger partial charge is 0.0132 e. The molecule has 0 unspecified atom stereocenters. The van der Waals surface area contributed by atoms with E-state index in [4.69, 9.17) is 0 Å². The molecule has 0 radical (unpaired) electrons. The lowest BCUT2D eigenvalue weighted by Gasteiger charge is -2.20. The molecule has 0 heteroatoms. The predicted octanol–water partition coefficient (Wildman–Crippen LogP) is 4.69. The van der Waals surface area contributed by atoms with Gasteiger partial charge in [0.1, 0.15) is 0 Å². The van der Waals surface area contributed by atoms with E-state index in [1.807, 2.05) is 6.07 Å². The highest BCUT2D eigenvalue weighted by molar-refractivity contribution is 5.57. The molecule has 0 aliphatic rings. The second-order valence-corrected chi connectivity index (χ2v) is 4.76. The van der Waals surface area contributed by atoms with E-state index in [2.05, 4.69) is 70.2 Å². The van der Waals surface area contributed by atoms with Crippen LogP contribution in [0.4, 0.5) is 0 Å². The average molecular weight is 200 g/mol. The van der Waals surface area contributed by atoms with Crippen molar-refractivity contribution in [3.05, 3.63) is 53.6 Å². The molecule has 15 heavy (non-hydrogen) atoms. The molecule has 0 fully saturated rings. The molecular formula is C15H20. The summed E-state index contributed by atoms with van der Waals surface area (Å²) in [7, 11) is 0. The molecule has 0 heterocycles. The van der Waals surface area contributed by atoms with Crippen molar-refractivity contribution < 1.29 is 0 Å². The van der Waals surface area contributed by atoms with Gasteiger partial charge in [-0.05, 0) is 23.5 Å². The Labute approximate surface area is 93.3 Å². The maximum atomic E-state index is 2.25. The summed E-state index contributed by atoms with van der Waals surface area (Å²) in [5.74, 6) is 0. The second-order valence-electron chi connectivity index (χ2n) is 4.76. The fourth-order valence-corrected chi connectivity index (χ4v) is 1.42. The Balaban J connectivity index is 3.05. The fraction of sp³-hybridized carbons (Fsp3) is 0.333. The summed E-state index contributed by atoms with van der Waals surface area (Å²) in [4.78, 5) is 0. The molecule has 0 aromatic heterocycles. The van der Waals surface area contributed by atoms with E-state index in [9.17, 15) is 0 Å². The zero-order chi connectivity index (χ0) is 11.3. The van der Waals surface area contributed by atoms with Crippen LogP contribution in [0, 0.1) is 5.41 Å². The van der Waals surface area contributed by atoms with Crippen LogP contribution in [0.25, 0.3) is 6.08 Å². The van der Waals surface area contributed by atoms with Crippen LogP contribution in [0.1, 0.15) is 33.3 Å². The fourth-order valence-electron chi connectivity index (χ4n) is 1.42. The van der Waals surface area contributed by atoms with Gasteiger partial charge in [0.15, 0.2) is 0 Å². The Kier molecular flexibility index (Phi) is 3.90. The minimum atomic E-state index is 0.197. The van der Waals surface area contributed by atoms with Crippen molar-refractivity contribution in [2.75, 3.05) is 0 Å². The Morgan fingerprint density at radius 1 is 1.07 bits per heavy atom. The molecule has 0 aliphatic carbocycles. The van der Waals surface area contributed by atoms with E-state index in [0.717, 1.165) is 0 Å². The number of hydrogen-bond donors (Lipinski definition) is 0. The highest BCUT2D eigenvalue weighted by Gasteiger charge is 2.13. The van der Waals surface area contributed by atoms with Gasteiger partial charge in [0, 0.05) is 0 Å². The van der Waals surface area contributed by atoms with Crippen molar-refractivity contribution >= 4 is 6.08 Å². The van der Waals surface area contributed by atoms with Crippen LogP contribution in [0.2, 0.25) is 0 Å². The molecule has 0 bridgehead atoms. The van der Waals surface area contributed by atoms with Crippen LogP contribution in [-0.2, 0) is 0 Å². The van der Waals surface area contributed by atoms with Gasteiger partial charge in [0.2, 0.25) is 0 Å². The Morgan fingerprint density at radius 3 is 2.13 bits per heavy atom. The van der Waals surface area contributed by atoms with Crippen LogP contribution in [-0.4, -0.2) is 0 Å². The Bertz CT molecular complexity index is 347. The third-order valence-electron chi connectivity index (χ3n) is 2.33. The molecule has 0 atom stereocenters. The Hall–Kier alpha value is -1.30.